The number of thiazole rings is 1. The maximum absolute atomic E-state index is 13.0. The van der Waals surface area contributed by atoms with Crippen molar-refractivity contribution in [1.29, 1.82) is 5.26 Å². The maximum atomic E-state index is 13.0. The minimum atomic E-state index is -4.37. The van der Waals surface area contributed by atoms with Gasteiger partial charge in [0.2, 0.25) is 19.5 Å². The second-order valence-corrected chi connectivity index (χ2v) is 11.3. The zero-order valence-electron chi connectivity index (χ0n) is 19.3. The van der Waals surface area contributed by atoms with Gasteiger partial charge < -0.3 is 13.8 Å². The lowest BCUT2D eigenvalue weighted by Gasteiger charge is -2.40. The highest BCUT2D eigenvalue weighted by Gasteiger charge is 2.39. The molecule has 0 unspecified atom stereocenters. The van der Waals surface area contributed by atoms with E-state index in [2.05, 4.69) is 29.8 Å². The standard InChI is InChI=1S/C22H28F3N3O2SSi2/c1-20(2,18(29-32-3)30-33-4)7-8-21(14-26)9-11-28(12-10-21)19-27-16-6-5-15(22(23,24)25)13-17(16)31-19/h5-6,13,18H,7-12H2,1-4H3. The van der Waals surface area contributed by atoms with Crippen molar-refractivity contribution in [2.75, 3.05) is 18.0 Å². The molecule has 3 rings (SSSR count). The molecule has 178 valence electrons. The van der Waals surface area contributed by atoms with Crippen LogP contribution in [-0.4, -0.2) is 43.9 Å². The van der Waals surface area contributed by atoms with Gasteiger partial charge in [-0.05, 0) is 57.0 Å². The van der Waals surface area contributed by atoms with Crippen molar-refractivity contribution >= 4 is 46.2 Å². The van der Waals surface area contributed by atoms with Gasteiger partial charge in [-0.15, -0.1) is 0 Å². The summed E-state index contributed by atoms with van der Waals surface area (Å²) in [6.45, 7) is 9.50. The molecule has 0 spiro atoms. The molecule has 1 saturated heterocycles. The first kappa shape index (κ1) is 26.2. The molecule has 2 heterocycles. The van der Waals surface area contributed by atoms with Gasteiger partial charge in [-0.2, -0.15) is 18.4 Å². The van der Waals surface area contributed by atoms with Crippen LogP contribution in [0.5, 0.6) is 0 Å². The summed E-state index contributed by atoms with van der Waals surface area (Å²) < 4.78 is 51.3. The van der Waals surface area contributed by atoms with Crippen molar-refractivity contribution in [1.82, 2.24) is 4.98 Å². The summed E-state index contributed by atoms with van der Waals surface area (Å²) in [5.74, 6) is 0. The van der Waals surface area contributed by atoms with Crippen molar-refractivity contribution < 1.29 is 22.0 Å². The molecule has 33 heavy (non-hydrogen) atoms. The highest BCUT2D eigenvalue weighted by molar-refractivity contribution is 7.22. The van der Waals surface area contributed by atoms with E-state index in [0.29, 0.717) is 60.8 Å². The Hall–Kier alpha value is -1.46. The van der Waals surface area contributed by atoms with Gasteiger partial charge in [0.1, 0.15) is 6.29 Å². The summed E-state index contributed by atoms with van der Waals surface area (Å²) in [5.41, 5.74) is -0.730. The van der Waals surface area contributed by atoms with Gasteiger partial charge in [-0.25, -0.2) is 4.98 Å². The Labute approximate surface area is 202 Å². The summed E-state index contributed by atoms with van der Waals surface area (Å²) >= 11 is 1.27. The number of aromatic nitrogens is 1. The van der Waals surface area contributed by atoms with Crippen LogP contribution >= 0.6 is 11.3 Å². The lowest BCUT2D eigenvalue weighted by atomic mass is 9.72. The first-order valence-electron chi connectivity index (χ1n) is 10.8. The molecule has 0 aliphatic carbocycles. The number of hydrogen-bond donors (Lipinski definition) is 0. The predicted octanol–water partition coefficient (Wildman–Crippen LogP) is 5.93. The monoisotopic (exact) mass is 511 g/mol. The number of hydrogen-bond acceptors (Lipinski definition) is 6. The van der Waals surface area contributed by atoms with Gasteiger partial charge in [0.05, 0.1) is 27.3 Å². The van der Waals surface area contributed by atoms with Crippen LogP contribution in [0, 0.1) is 22.2 Å². The van der Waals surface area contributed by atoms with Crippen LogP contribution < -0.4 is 4.90 Å². The average molecular weight is 512 g/mol. The van der Waals surface area contributed by atoms with Crippen LogP contribution in [0.2, 0.25) is 13.1 Å². The molecule has 4 radical (unpaired) electrons. The number of anilines is 1. The molecule has 1 aromatic heterocycles. The maximum Gasteiger partial charge on any atom is 0.416 e. The third-order valence-electron chi connectivity index (χ3n) is 6.27. The van der Waals surface area contributed by atoms with Crippen LogP contribution in [0.25, 0.3) is 10.2 Å². The van der Waals surface area contributed by atoms with E-state index in [1.807, 2.05) is 13.1 Å². The van der Waals surface area contributed by atoms with Crippen molar-refractivity contribution in [2.24, 2.45) is 10.8 Å². The van der Waals surface area contributed by atoms with E-state index in [4.69, 9.17) is 8.85 Å². The number of piperidine rings is 1. The molecule has 0 amide bonds. The van der Waals surface area contributed by atoms with Crippen molar-refractivity contribution in [3.63, 3.8) is 0 Å². The summed E-state index contributed by atoms with van der Waals surface area (Å²) in [6, 6.07) is 6.23. The molecule has 0 atom stereocenters. The number of alkyl halides is 3. The SMILES string of the molecule is C[Si]OC(O[Si]C)C(C)(C)CCC1(C#N)CCN(c2nc3ccc(C(F)(F)F)cc3s2)CC1. The van der Waals surface area contributed by atoms with Crippen LogP contribution in [0.15, 0.2) is 18.2 Å². The molecule has 1 fully saturated rings. The van der Waals surface area contributed by atoms with Crippen LogP contribution in [0.4, 0.5) is 18.3 Å². The van der Waals surface area contributed by atoms with E-state index in [0.717, 1.165) is 25.0 Å². The van der Waals surface area contributed by atoms with Gasteiger partial charge in [0, 0.05) is 18.5 Å². The summed E-state index contributed by atoms with van der Waals surface area (Å²) in [4.78, 5) is 6.63. The molecule has 11 heteroatoms. The number of fused-ring (bicyclic) bond motifs is 1. The number of nitriles is 1. The minimum absolute atomic E-state index is 0.212. The summed E-state index contributed by atoms with van der Waals surface area (Å²) in [6.07, 6.45) is -1.71. The van der Waals surface area contributed by atoms with Gasteiger partial charge in [-0.3, -0.25) is 0 Å². The second-order valence-electron chi connectivity index (χ2n) is 9.02. The molecular formula is C22H28F3N3O2SSi2. The lowest BCUT2D eigenvalue weighted by Crippen LogP contribution is -2.41. The Morgan fingerprint density at radius 3 is 2.39 bits per heavy atom. The highest BCUT2D eigenvalue weighted by atomic mass is 32.1. The normalized spacial score (nSPS) is 17.0. The Morgan fingerprint density at radius 2 is 1.85 bits per heavy atom. The highest BCUT2D eigenvalue weighted by Crippen LogP contribution is 2.43. The molecular weight excluding hydrogens is 483 g/mol. The average Bonchev–Trinajstić information content (AvgIpc) is 3.21. The number of rotatable bonds is 9. The van der Waals surface area contributed by atoms with Gasteiger partial charge in [-0.1, -0.05) is 25.2 Å². The molecule has 1 aliphatic heterocycles. The van der Waals surface area contributed by atoms with Crippen molar-refractivity contribution in [3.05, 3.63) is 23.8 Å². The Bertz CT molecular complexity index is 979. The third kappa shape index (κ3) is 6.16. The predicted molar refractivity (Wildman–Crippen MR) is 126 cm³/mol. The van der Waals surface area contributed by atoms with Gasteiger partial charge in [0.25, 0.3) is 0 Å². The first-order valence-corrected chi connectivity index (χ1v) is 14.5. The Balaban J connectivity index is 1.66. The second kappa shape index (κ2) is 10.4. The van der Waals surface area contributed by atoms with E-state index < -0.39 is 17.2 Å². The molecule has 0 N–H and O–H groups in total. The number of benzene rings is 1. The van der Waals surface area contributed by atoms with E-state index in [9.17, 15) is 18.4 Å². The molecule has 5 nitrogen and oxygen atoms in total. The quantitative estimate of drug-likeness (QED) is 0.309. The largest absolute Gasteiger partial charge is 0.416 e. The Kier molecular flexibility index (Phi) is 8.27. The van der Waals surface area contributed by atoms with E-state index in [1.165, 1.54) is 17.4 Å². The zero-order chi connectivity index (χ0) is 24.3. The molecule has 0 saturated carbocycles. The summed E-state index contributed by atoms with van der Waals surface area (Å²) in [5, 5.41) is 10.7. The van der Waals surface area contributed by atoms with Gasteiger partial charge >= 0.3 is 6.18 Å². The fraction of sp³-hybridized carbons (Fsp3) is 0.636. The summed E-state index contributed by atoms with van der Waals surface area (Å²) in [7, 11) is 0.672. The fourth-order valence-electron chi connectivity index (χ4n) is 4.00. The third-order valence-corrected chi connectivity index (χ3v) is 8.25. The number of nitrogens with zero attached hydrogens (tertiary/aromatic N) is 3. The molecule has 1 aromatic carbocycles. The minimum Gasteiger partial charge on any atom is -0.394 e. The van der Waals surface area contributed by atoms with E-state index >= 15 is 0 Å². The molecule has 0 bridgehead atoms. The number of halogens is 3. The van der Waals surface area contributed by atoms with Crippen molar-refractivity contribution in [3.8, 4) is 6.07 Å². The first-order chi connectivity index (χ1) is 15.5. The van der Waals surface area contributed by atoms with Crippen molar-refractivity contribution in [2.45, 2.75) is 65.1 Å². The topological polar surface area (TPSA) is 58.4 Å². The van der Waals surface area contributed by atoms with Crippen LogP contribution in [-0.2, 0) is 15.0 Å². The van der Waals surface area contributed by atoms with E-state index in [-0.39, 0.29) is 11.7 Å². The van der Waals surface area contributed by atoms with E-state index in [1.54, 1.807) is 0 Å². The fourth-order valence-corrected chi connectivity index (χ4v) is 6.32. The van der Waals surface area contributed by atoms with Crippen LogP contribution in [0.1, 0.15) is 45.1 Å². The lowest BCUT2D eigenvalue weighted by molar-refractivity contribution is -0.137. The van der Waals surface area contributed by atoms with Gasteiger partial charge in [0.15, 0.2) is 5.13 Å². The smallest absolute Gasteiger partial charge is 0.394 e. The van der Waals surface area contributed by atoms with Crippen LogP contribution in [0.3, 0.4) is 0 Å². The molecule has 2 aromatic rings. The zero-order valence-corrected chi connectivity index (χ0v) is 22.1. The Morgan fingerprint density at radius 1 is 1.21 bits per heavy atom. The molecule has 1 aliphatic rings.